The number of carbonyl (C=O) groups is 2. The first kappa shape index (κ1) is 42.3. The van der Waals surface area contributed by atoms with Gasteiger partial charge in [-0.3, -0.25) is 9.59 Å². The Labute approximate surface area is 262 Å². The van der Waals surface area contributed by atoms with Gasteiger partial charge < -0.3 is 11.1 Å². The van der Waals surface area contributed by atoms with Crippen molar-refractivity contribution in [3.63, 3.8) is 0 Å². The van der Waals surface area contributed by atoms with Gasteiger partial charge in [0.25, 0.3) is 0 Å². The first-order valence-electron chi connectivity index (χ1n) is 18.1. The van der Waals surface area contributed by atoms with Crippen molar-refractivity contribution < 1.29 is 9.59 Å². The molecule has 0 saturated heterocycles. The Bertz CT molecular complexity index is 639. The molecule has 2 amide bonds. The molecule has 0 aliphatic rings. The Morgan fingerprint density at radius 1 is 0.500 bits per heavy atom. The largest absolute Gasteiger partial charge is 0.370 e. The highest BCUT2D eigenvalue weighted by atomic mass is 16.1. The lowest BCUT2D eigenvalue weighted by Crippen LogP contribution is -2.23. The van der Waals surface area contributed by atoms with Gasteiger partial charge in [0, 0.05) is 19.4 Å². The van der Waals surface area contributed by atoms with E-state index in [4.69, 9.17) is 5.73 Å². The highest BCUT2D eigenvalue weighted by Crippen LogP contribution is 2.12. The van der Waals surface area contributed by atoms with Gasteiger partial charge in [0.2, 0.25) is 11.8 Å². The van der Waals surface area contributed by atoms with Crippen LogP contribution in [0.3, 0.4) is 0 Å². The van der Waals surface area contributed by atoms with E-state index in [1.54, 1.807) is 0 Å². The minimum atomic E-state index is -0.175. The second kappa shape index (κ2) is 39.2. The van der Waals surface area contributed by atoms with Gasteiger partial charge in [0.1, 0.15) is 0 Å². The molecule has 0 saturated carbocycles. The number of amides is 2. The molecule has 0 rings (SSSR count). The summed E-state index contributed by atoms with van der Waals surface area (Å²) in [5.74, 6) is 0.0820. The van der Waals surface area contributed by atoms with E-state index < -0.39 is 0 Å². The van der Waals surface area contributed by atoms with Crippen LogP contribution in [-0.4, -0.2) is 18.4 Å². The molecule has 0 unspecified atom stereocenters. The lowest BCUT2D eigenvalue weighted by Gasteiger charge is -2.05. The van der Waals surface area contributed by atoms with Gasteiger partial charge in [0.15, 0.2) is 0 Å². The lowest BCUT2D eigenvalue weighted by molar-refractivity contribution is -0.121. The van der Waals surface area contributed by atoms with Crippen LogP contribution in [0.1, 0.15) is 188 Å². The number of carbonyl (C=O) groups excluding carboxylic acids is 2. The first-order valence-corrected chi connectivity index (χ1v) is 18.1. The predicted octanol–water partition coefficient (Wildman–Crippen LogP) is 11.4. The van der Waals surface area contributed by atoms with Crippen molar-refractivity contribution >= 4 is 11.8 Å². The highest BCUT2D eigenvalue weighted by Gasteiger charge is 2.00. The van der Waals surface area contributed by atoms with Crippen molar-refractivity contribution in [2.45, 2.75) is 188 Å². The van der Waals surface area contributed by atoms with Crippen molar-refractivity contribution in [2.24, 2.45) is 5.73 Å². The molecule has 0 radical (unpaired) electrons. The van der Waals surface area contributed by atoms with E-state index in [9.17, 15) is 9.59 Å². The summed E-state index contributed by atoms with van der Waals surface area (Å²) in [4.78, 5) is 22.2. The fourth-order valence-corrected chi connectivity index (χ4v) is 4.74. The van der Waals surface area contributed by atoms with Gasteiger partial charge in [-0.15, -0.1) is 0 Å². The predicted molar refractivity (Wildman–Crippen MR) is 187 cm³/mol. The molecule has 246 valence electrons. The van der Waals surface area contributed by atoms with Crippen LogP contribution < -0.4 is 11.1 Å². The summed E-state index contributed by atoms with van der Waals surface area (Å²) < 4.78 is 0. The van der Waals surface area contributed by atoms with Crippen LogP contribution in [0.5, 0.6) is 0 Å². The lowest BCUT2D eigenvalue weighted by atomic mass is 10.1. The topological polar surface area (TPSA) is 72.2 Å². The molecule has 0 aliphatic carbocycles. The second-order valence-electron chi connectivity index (χ2n) is 11.8. The summed E-state index contributed by atoms with van der Waals surface area (Å²) in [7, 11) is 0. The van der Waals surface area contributed by atoms with Crippen LogP contribution in [0.25, 0.3) is 0 Å². The molecule has 0 bridgehead atoms. The molecule has 0 aliphatic heterocycles. The Kier molecular flexibility index (Phi) is 39.4. The average Bonchev–Trinajstić information content (AvgIpc) is 2.98. The molecule has 3 N–H and O–H groups in total. The van der Waals surface area contributed by atoms with Crippen molar-refractivity contribution in [3.8, 4) is 0 Å². The Morgan fingerprint density at radius 3 is 1.45 bits per heavy atom. The van der Waals surface area contributed by atoms with Gasteiger partial charge in [-0.2, -0.15) is 0 Å². The van der Waals surface area contributed by atoms with Gasteiger partial charge in [-0.1, -0.05) is 160 Å². The maximum atomic E-state index is 11.6. The van der Waals surface area contributed by atoms with E-state index in [1.807, 2.05) is 0 Å². The molecule has 0 heterocycles. The SMILES string of the molecule is CC/C=C\C/C=C\C/C=C\CCCCCCCC(N)=O.CCCCCCCCCCCCCC(=O)NCCCCCC. The van der Waals surface area contributed by atoms with Crippen LogP contribution >= 0.6 is 0 Å². The summed E-state index contributed by atoms with van der Waals surface area (Å²) in [6, 6.07) is 0. The summed E-state index contributed by atoms with van der Waals surface area (Å²) in [5, 5.41) is 3.04. The molecule has 4 heteroatoms. The number of unbranched alkanes of at least 4 members (excludes halogenated alkanes) is 18. The smallest absolute Gasteiger partial charge is 0.219 e. The molecule has 0 fully saturated rings. The number of rotatable bonds is 30. The first-order chi connectivity index (χ1) is 20.6. The van der Waals surface area contributed by atoms with E-state index >= 15 is 0 Å². The fourth-order valence-electron chi connectivity index (χ4n) is 4.74. The van der Waals surface area contributed by atoms with Crippen LogP contribution in [0.4, 0.5) is 0 Å². The monoisotopic (exact) mass is 589 g/mol. The zero-order valence-electron chi connectivity index (χ0n) is 28.4. The molecule has 0 spiro atoms. The number of nitrogens with one attached hydrogen (secondary N) is 1. The van der Waals surface area contributed by atoms with Gasteiger partial charge in [-0.25, -0.2) is 0 Å². The average molecular weight is 589 g/mol. The maximum Gasteiger partial charge on any atom is 0.219 e. The third-order valence-electron chi connectivity index (χ3n) is 7.43. The number of primary amides is 1. The van der Waals surface area contributed by atoms with Crippen molar-refractivity contribution in [2.75, 3.05) is 6.54 Å². The third-order valence-corrected chi connectivity index (χ3v) is 7.43. The highest BCUT2D eigenvalue weighted by molar-refractivity contribution is 5.75. The summed E-state index contributed by atoms with van der Waals surface area (Å²) in [6.07, 6.45) is 44.5. The van der Waals surface area contributed by atoms with Crippen LogP contribution in [0, 0.1) is 0 Å². The van der Waals surface area contributed by atoms with Crippen LogP contribution in [0.2, 0.25) is 0 Å². The molecule has 4 nitrogen and oxygen atoms in total. The van der Waals surface area contributed by atoms with Crippen LogP contribution in [-0.2, 0) is 9.59 Å². The number of hydrogen-bond acceptors (Lipinski definition) is 2. The summed E-state index contributed by atoms with van der Waals surface area (Å²) in [5.41, 5.74) is 5.09. The van der Waals surface area contributed by atoms with E-state index in [0.717, 1.165) is 57.9 Å². The minimum absolute atomic E-state index is 0.175. The molecule has 0 atom stereocenters. The molecular formula is C38H72N2O2. The second-order valence-corrected chi connectivity index (χ2v) is 11.8. The van der Waals surface area contributed by atoms with E-state index in [0.29, 0.717) is 6.42 Å². The van der Waals surface area contributed by atoms with Crippen molar-refractivity contribution in [3.05, 3.63) is 36.5 Å². The minimum Gasteiger partial charge on any atom is -0.370 e. The third kappa shape index (κ3) is 42.6. The quantitative estimate of drug-likeness (QED) is 0.0647. The van der Waals surface area contributed by atoms with E-state index in [-0.39, 0.29) is 11.8 Å². The summed E-state index contributed by atoms with van der Waals surface area (Å²) in [6.45, 7) is 7.51. The molecule has 0 aromatic carbocycles. The van der Waals surface area contributed by atoms with E-state index in [2.05, 4.69) is 62.5 Å². The van der Waals surface area contributed by atoms with E-state index in [1.165, 1.54) is 109 Å². The summed E-state index contributed by atoms with van der Waals surface area (Å²) >= 11 is 0. The Morgan fingerprint density at radius 2 is 0.929 bits per heavy atom. The van der Waals surface area contributed by atoms with Gasteiger partial charge >= 0.3 is 0 Å². The van der Waals surface area contributed by atoms with Gasteiger partial charge in [0.05, 0.1) is 0 Å². The fraction of sp³-hybridized carbons (Fsp3) is 0.789. The Hall–Kier alpha value is -1.84. The number of allylic oxidation sites excluding steroid dienone is 6. The van der Waals surface area contributed by atoms with Crippen molar-refractivity contribution in [1.29, 1.82) is 0 Å². The maximum absolute atomic E-state index is 11.6. The van der Waals surface area contributed by atoms with Crippen molar-refractivity contribution in [1.82, 2.24) is 5.32 Å². The zero-order valence-corrected chi connectivity index (χ0v) is 28.4. The molecule has 42 heavy (non-hydrogen) atoms. The Balaban J connectivity index is 0. The number of hydrogen-bond donors (Lipinski definition) is 2. The van der Waals surface area contributed by atoms with Gasteiger partial charge in [-0.05, 0) is 51.4 Å². The molecule has 0 aromatic heterocycles. The molecule has 0 aromatic rings. The zero-order chi connectivity index (χ0) is 31.2. The van der Waals surface area contributed by atoms with Crippen LogP contribution in [0.15, 0.2) is 36.5 Å². The standard InChI is InChI=1S/C20H41NO.C18H31NO/c1-3-5-7-9-10-11-12-13-14-15-16-18-20(22)21-19-17-8-6-4-2;1-2-3-4-5-6-7-8-9-10-11-12-13-14-15-16-17-18(19)20/h3-19H2,1-2H3,(H,21,22);3-4,6-7,9-10H,2,5,8,11-17H2,1H3,(H2,19,20)/b;4-3-,7-6-,10-9-. The normalized spacial score (nSPS) is 11.4. The molecular weight excluding hydrogens is 516 g/mol. The number of nitrogens with two attached hydrogens (primary N) is 1.